The molecule has 4 rings (SSSR count). The number of aromatic nitrogens is 2. The van der Waals surface area contributed by atoms with Gasteiger partial charge in [0.25, 0.3) is 11.8 Å². The van der Waals surface area contributed by atoms with Crippen molar-refractivity contribution in [2.45, 2.75) is 27.7 Å². The highest BCUT2D eigenvalue weighted by atomic mass is 16.2. The van der Waals surface area contributed by atoms with E-state index in [1.807, 2.05) is 100 Å². The molecule has 0 radical (unpaired) electrons. The molecule has 0 aliphatic carbocycles. The van der Waals surface area contributed by atoms with Crippen molar-refractivity contribution < 1.29 is 9.59 Å². The lowest BCUT2D eigenvalue weighted by molar-refractivity contribution is 0.0765. The van der Waals surface area contributed by atoms with Gasteiger partial charge in [-0.3, -0.25) is 9.59 Å². The van der Waals surface area contributed by atoms with Crippen molar-refractivity contribution in [2.24, 2.45) is 0 Å². The van der Waals surface area contributed by atoms with E-state index < -0.39 is 0 Å². The topological polar surface area (TPSA) is 78.4 Å². The fourth-order valence-corrected chi connectivity index (χ4v) is 4.40. The number of amides is 2. The van der Waals surface area contributed by atoms with Crippen LogP contribution in [0.15, 0.2) is 72.8 Å². The summed E-state index contributed by atoms with van der Waals surface area (Å²) < 4.78 is 0. The lowest BCUT2D eigenvalue weighted by Gasteiger charge is -2.19. The molecular formula is C30H33N5O2. The van der Waals surface area contributed by atoms with E-state index in [1.165, 1.54) is 0 Å². The first-order valence-electron chi connectivity index (χ1n) is 12.8. The Morgan fingerprint density at radius 3 is 1.65 bits per heavy atom. The second kappa shape index (κ2) is 11.6. The zero-order valence-electron chi connectivity index (χ0n) is 21.9. The molecule has 2 amide bonds. The van der Waals surface area contributed by atoms with Gasteiger partial charge in [-0.15, -0.1) is 10.2 Å². The van der Waals surface area contributed by atoms with E-state index in [9.17, 15) is 9.59 Å². The van der Waals surface area contributed by atoms with Crippen LogP contribution in [0.2, 0.25) is 0 Å². The van der Waals surface area contributed by atoms with Gasteiger partial charge in [0.15, 0.2) is 5.82 Å². The van der Waals surface area contributed by atoms with E-state index in [4.69, 9.17) is 0 Å². The molecule has 0 unspecified atom stereocenters. The summed E-state index contributed by atoms with van der Waals surface area (Å²) in [4.78, 5) is 28.9. The molecule has 0 saturated carbocycles. The molecule has 7 nitrogen and oxygen atoms in total. The Kier molecular flexibility index (Phi) is 8.13. The third-order valence-corrected chi connectivity index (χ3v) is 6.59. The van der Waals surface area contributed by atoms with Crippen LogP contribution in [0.25, 0.3) is 22.0 Å². The van der Waals surface area contributed by atoms with Gasteiger partial charge in [-0.05, 0) is 64.1 Å². The van der Waals surface area contributed by atoms with Crippen molar-refractivity contribution in [3.05, 3.63) is 83.9 Å². The van der Waals surface area contributed by atoms with E-state index in [1.54, 1.807) is 9.80 Å². The summed E-state index contributed by atoms with van der Waals surface area (Å²) in [5.74, 6) is 0.684. The summed E-state index contributed by atoms with van der Waals surface area (Å²) in [5, 5.41) is 14.3. The number of carbonyl (C=O) groups is 2. The molecule has 1 aromatic heterocycles. The molecule has 3 aromatic carbocycles. The van der Waals surface area contributed by atoms with Crippen molar-refractivity contribution in [1.29, 1.82) is 0 Å². The molecule has 0 atom stereocenters. The number of benzene rings is 3. The monoisotopic (exact) mass is 495 g/mol. The van der Waals surface area contributed by atoms with Gasteiger partial charge in [0, 0.05) is 59.3 Å². The number of hydrogen-bond donors (Lipinski definition) is 1. The number of rotatable bonds is 9. The highest BCUT2D eigenvalue weighted by Crippen LogP contribution is 2.31. The number of nitrogens with one attached hydrogen (secondary N) is 1. The fourth-order valence-electron chi connectivity index (χ4n) is 4.40. The van der Waals surface area contributed by atoms with E-state index in [0.29, 0.717) is 43.1 Å². The van der Waals surface area contributed by atoms with Gasteiger partial charge in [0.05, 0.1) is 0 Å². The van der Waals surface area contributed by atoms with Crippen LogP contribution in [0.1, 0.15) is 48.4 Å². The van der Waals surface area contributed by atoms with Crippen LogP contribution in [0.4, 0.5) is 11.5 Å². The predicted molar refractivity (Wildman–Crippen MR) is 149 cm³/mol. The van der Waals surface area contributed by atoms with Crippen LogP contribution in [-0.4, -0.2) is 58.0 Å². The molecule has 190 valence electrons. The quantitative estimate of drug-likeness (QED) is 0.308. The smallest absolute Gasteiger partial charge is 0.253 e. The van der Waals surface area contributed by atoms with Gasteiger partial charge in [-0.1, -0.05) is 36.4 Å². The van der Waals surface area contributed by atoms with Crippen LogP contribution in [0.3, 0.4) is 0 Å². The number of hydrogen-bond acceptors (Lipinski definition) is 5. The van der Waals surface area contributed by atoms with Gasteiger partial charge >= 0.3 is 0 Å². The maximum absolute atomic E-state index is 12.7. The first-order chi connectivity index (χ1) is 18.0. The maximum atomic E-state index is 12.7. The summed E-state index contributed by atoms with van der Waals surface area (Å²) >= 11 is 0. The Hall–Kier alpha value is -4.26. The third-order valence-electron chi connectivity index (χ3n) is 6.59. The van der Waals surface area contributed by atoms with Crippen LogP contribution in [-0.2, 0) is 0 Å². The van der Waals surface area contributed by atoms with Crippen LogP contribution in [0.5, 0.6) is 0 Å². The number of anilines is 2. The van der Waals surface area contributed by atoms with Crippen molar-refractivity contribution in [3.63, 3.8) is 0 Å². The van der Waals surface area contributed by atoms with Gasteiger partial charge < -0.3 is 15.1 Å². The third kappa shape index (κ3) is 5.45. The Morgan fingerprint density at radius 1 is 0.649 bits per heavy atom. The first-order valence-corrected chi connectivity index (χ1v) is 12.8. The second-order valence-electron chi connectivity index (χ2n) is 8.68. The molecule has 0 saturated heterocycles. The fraction of sp³-hybridized carbons (Fsp3) is 0.267. The summed E-state index contributed by atoms with van der Waals surface area (Å²) in [6.07, 6.45) is 0. The Bertz CT molecular complexity index is 1380. The standard InChI is InChI=1S/C30H33N5O2/c1-5-34(6-2)29(36)22-15-13-21(14-16-22)27-25-11-9-10-12-26(25)28(33-32-27)31-24-19-17-23(18-20-24)30(37)35(7-3)8-4/h9-20H,5-8H2,1-4H3,(H,31,33). The highest BCUT2D eigenvalue weighted by molar-refractivity contribution is 6.01. The average molecular weight is 496 g/mol. The normalized spacial score (nSPS) is 10.8. The number of fused-ring (bicyclic) bond motifs is 1. The zero-order valence-corrected chi connectivity index (χ0v) is 21.9. The summed E-state index contributed by atoms with van der Waals surface area (Å²) in [6, 6.07) is 22.9. The zero-order chi connectivity index (χ0) is 26.4. The largest absolute Gasteiger partial charge is 0.339 e. The average Bonchev–Trinajstić information content (AvgIpc) is 2.95. The van der Waals surface area contributed by atoms with E-state index in [-0.39, 0.29) is 11.8 Å². The Balaban J connectivity index is 1.60. The lowest BCUT2D eigenvalue weighted by atomic mass is 10.0. The molecule has 0 fully saturated rings. The molecule has 7 heteroatoms. The van der Waals surface area contributed by atoms with Crippen molar-refractivity contribution >= 4 is 34.1 Å². The van der Waals surface area contributed by atoms with Crippen LogP contribution >= 0.6 is 0 Å². The van der Waals surface area contributed by atoms with Crippen molar-refractivity contribution in [2.75, 3.05) is 31.5 Å². The van der Waals surface area contributed by atoms with E-state index >= 15 is 0 Å². The van der Waals surface area contributed by atoms with Gasteiger partial charge in [0.2, 0.25) is 0 Å². The van der Waals surface area contributed by atoms with Gasteiger partial charge in [-0.2, -0.15) is 0 Å². The van der Waals surface area contributed by atoms with Crippen LogP contribution < -0.4 is 5.32 Å². The maximum Gasteiger partial charge on any atom is 0.253 e. The Morgan fingerprint density at radius 2 is 1.14 bits per heavy atom. The minimum Gasteiger partial charge on any atom is -0.339 e. The second-order valence-corrected chi connectivity index (χ2v) is 8.68. The van der Waals surface area contributed by atoms with Crippen molar-refractivity contribution in [1.82, 2.24) is 20.0 Å². The van der Waals surface area contributed by atoms with Crippen molar-refractivity contribution in [3.8, 4) is 11.3 Å². The number of nitrogens with zero attached hydrogens (tertiary/aromatic N) is 4. The first kappa shape index (κ1) is 25.8. The molecular weight excluding hydrogens is 462 g/mol. The Labute approximate surface area is 218 Å². The molecule has 0 aliphatic rings. The van der Waals surface area contributed by atoms with Gasteiger partial charge in [0.1, 0.15) is 5.69 Å². The minimum absolute atomic E-state index is 0.0240. The number of carbonyl (C=O) groups excluding carboxylic acids is 2. The lowest BCUT2D eigenvalue weighted by Crippen LogP contribution is -2.30. The molecule has 1 N–H and O–H groups in total. The summed E-state index contributed by atoms with van der Waals surface area (Å²) in [5.41, 5.74) is 3.78. The molecule has 1 heterocycles. The molecule has 37 heavy (non-hydrogen) atoms. The van der Waals surface area contributed by atoms with E-state index in [2.05, 4.69) is 15.5 Å². The van der Waals surface area contributed by atoms with Gasteiger partial charge in [-0.25, -0.2) is 0 Å². The molecule has 0 bridgehead atoms. The molecule has 0 spiro atoms. The van der Waals surface area contributed by atoms with Crippen LogP contribution in [0, 0.1) is 0 Å². The van der Waals surface area contributed by atoms with E-state index in [0.717, 1.165) is 27.7 Å². The minimum atomic E-state index is 0.0240. The summed E-state index contributed by atoms with van der Waals surface area (Å²) in [6.45, 7) is 10.6. The molecule has 0 aliphatic heterocycles. The SMILES string of the molecule is CCN(CC)C(=O)c1ccc(Nc2nnc(-c3ccc(C(=O)N(CC)CC)cc3)c3ccccc23)cc1. The summed E-state index contributed by atoms with van der Waals surface area (Å²) in [7, 11) is 0. The predicted octanol–water partition coefficient (Wildman–Crippen LogP) is 6.00. The highest BCUT2D eigenvalue weighted by Gasteiger charge is 2.16. The molecule has 4 aromatic rings.